The highest BCUT2D eigenvalue weighted by Crippen LogP contribution is 2.13. The summed E-state index contributed by atoms with van der Waals surface area (Å²) in [5, 5.41) is 2.64. The highest BCUT2D eigenvalue weighted by molar-refractivity contribution is 5.90. The number of urea groups is 1. The highest BCUT2D eigenvalue weighted by atomic mass is 19.1. The Morgan fingerprint density at radius 1 is 1.53 bits per heavy atom. The van der Waals surface area contributed by atoms with E-state index in [0.717, 1.165) is 6.07 Å². The zero-order valence-corrected chi connectivity index (χ0v) is 10.2. The molecule has 0 unspecified atom stereocenters. The van der Waals surface area contributed by atoms with Gasteiger partial charge in [0.25, 0.3) is 0 Å². The van der Waals surface area contributed by atoms with E-state index < -0.39 is 11.8 Å². The molecule has 0 radical (unpaired) electrons. The summed E-state index contributed by atoms with van der Waals surface area (Å²) >= 11 is 0. The lowest BCUT2D eigenvalue weighted by Crippen LogP contribution is -2.31. The standard InChI is InChI=1S/C12H14FN3O3/c13-9-2-1-8(7-10(9)14)11(17)19-6-5-16-4-3-15-12(16)18/h1-2,7H,3-6,14H2,(H,15,18). The fraction of sp³-hybridized carbons (Fsp3) is 0.333. The van der Waals surface area contributed by atoms with Gasteiger partial charge in [-0.05, 0) is 18.2 Å². The second kappa shape index (κ2) is 5.55. The molecular formula is C12H14FN3O3. The third-order valence-electron chi connectivity index (χ3n) is 2.77. The number of carbonyl (C=O) groups excluding carboxylic acids is 2. The van der Waals surface area contributed by atoms with Gasteiger partial charge in [-0.1, -0.05) is 0 Å². The summed E-state index contributed by atoms with van der Waals surface area (Å²) in [6, 6.07) is 3.47. The van der Waals surface area contributed by atoms with Crippen LogP contribution in [-0.4, -0.2) is 43.1 Å². The SMILES string of the molecule is Nc1cc(C(=O)OCCN2CCNC2=O)ccc1F. The van der Waals surface area contributed by atoms with E-state index in [2.05, 4.69) is 5.32 Å². The van der Waals surface area contributed by atoms with Crippen LogP contribution in [0, 0.1) is 5.82 Å². The van der Waals surface area contributed by atoms with Crippen LogP contribution in [-0.2, 0) is 4.74 Å². The topological polar surface area (TPSA) is 84.7 Å². The molecule has 1 aromatic carbocycles. The van der Waals surface area contributed by atoms with E-state index in [1.54, 1.807) is 4.90 Å². The van der Waals surface area contributed by atoms with E-state index in [0.29, 0.717) is 19.6 Å². The molecule has 1 fully saturated rings. The maximum atomic E-state index is 12.9. The second-order valence-corrected chi connectivity index (χ2v) is 4.09. The number of nitrogens with two attached hydrogens (primary N) is 1. The van der Waals surface area contributed by atoms with Gasteiger partial charge in [0.1, 0.15) is 12.4 Å². The lowest BCUT2D eigenvalue weighted by Gasteiger charge is -2.13. The number of benzene rings is 1. The Balaban J connectivity index is 1.84. The first-order valence-electron chi connectivity index (χ1n) is 5.83. The third kappa shape index (κ3) is 3.12. The van der Waals surface area contributed by atoms with E-state index in [1.165, 1.54) is 12.1 Å². The van der Waals surface area contributed by atoms with Crippen molar-refractivity contribution >= 4 is 17.7 Å². The maximum Gasteiger partial charge on any atom is 0.338 e. The molecule has 102 valence electrons. The quantitative estimate of drug-likeness (QED) is 0.617. The number of nitrogens with one attached hydrogen (secondary N) is 1. The first kappa shape index (κ1) is 13.1. The predicted molar refractivity (Wildman–Crippen MR) is 66.1 cm³/mol. The van der Waals surface area contributed by atoms with Crippen LogP contribution in [0.5, 0.6) is 0 Å². The summed E-state index contributed by atoms with van der Waals surface area (Å²) in [5.41, 5.74) is 5.44. The molecule has 0 aromatic heterocycles. The average molecular weight is 267 g/mol. The first-order chi connectivity index (χ1) is 9.08. The van der Waals surface area contributed by atoms with Crippen LogP contribution < -0.4 is 11.1 Å². The van der Waals surface area contributed by atoms with Gasteiger partial charge in [0.15, 0.2) is 0 Å². The van der Waals surface area contributed by atoms with Gasteiger partial charge in [-0.3, -0.25) is 0 Å². The minimum atomic E-state index is -0.591. The van der Waals surface area contributed by atoms with Crippen molar-refractivity contribution in [2.45, 2.75) is 0 Å². The molecule has 19 heavy (non-hydrogen) atoms. The summed E-state index contributed by atoms with van der Waals surface area (Å²) < 4.78 is 17.9. The molecule has 0 spiro atoms. The third-order valence-corrected chi connectivity index (χ3v) is 2.77. The zero-order valence-electron chi connectivity index (χ0n) is 10.2. The molecule has 0 saturated carbocycles. The van der Waals surface area contributed by atoms with Crippen LogP contribution in [0.3, 0.4) is 0 Å². The van der Waals surface area contributed by atoms with E-state index in [4.69, 9.17) is 10.5 Å². The number of hydrogen-bond acceptors (Lipinski definition) is 4. The van der Waals surface area contributed by atoms with Crippen LogP contribution in [0.2, 0.25) is 0 Å². The van der Waals surface area contributed by atoms with Gasteiger partial charge in [-0.2, -0.15) is 0 Å². The Kier molecular flexibility index (Phi) is 3.84. The fourth-order valence-electron chi connectivity index (χ4n) is 1.73. The second-order valence-electron chi connectivity index (χ2n) is 4.09. The summed E-state index contributed by atoms with van der Waals surface area (Å²) in [6.07, 6.45) is 0. The molecule has 0 aliphatic carbocycles. The lowest BCUT2D eigenvalue weighted by molar-refractivity contribution is 0.0481. The largest absolute Gasteiger partial charge is 0.460 e. The number of rotatable bonds is 4. The van der Waals surface area contributed by atoms with Crippen LogP contribution in [0.15, 0.2) is 18.2 Å². The molecule has 2 amide bonds. The van der Waals surface area contributed by atoms with Crippen molar-refractivity contribution in [2.24, 2.45) is 0 Å². The van der Waals surface area contributed by atoms with Crippen molar-refractivity contribution in [3.05, 3.63) is 29.6 Å². The number of halogens is 1. The maximum absolute atomic E-state index is 12.9. The Morgan fingerprint density at radius 2 is 2.32 bits per heavy atom. The van der Waals surface area contributed by atoms with E-state index in [9.17, 15) is 14.0 Å². The molecule has 1 aliphatic heterocycles. The van der Waals surface area contributed by atoms with Gasteiger partial charge in [0.05, 0.1) is 17.8 Å². The minimum Gasteiger partial charge on any atom is -0.460 e. The smallest absolute Gasteiger partial charge is 0.338 e. The van der Waals surface area contributed by atoms with Crippen molar-refractivity contribution < 1.29 is 18.7 Å². The average Bonchev–Trinajstić information content (AvgIpc) is 2.78. The summed E-state index contributed by atoms with van der Waals surface area (Å²) in [5.74, 6) is -1.17. The number of nitrogens with zero attached hydrogens (tertiary/aromatic N) is 1. The first-order valence-corrected chi connectivity index (χ1v) is 5.83. The van der Waals surface area contributed by atoms with Crippen LogP contribution in [0.4, 0.5) is 14.9 Å². The number of hydrogen-bond donors (Lipinski definition) is 2. The molecule has 1 aromatic rings. The van der Waals surface area contributed by atoms with Crippen molar-refractivity contribution in [2.75, 3.05) is 32.0 Å². The summed E-state index contributed by atoms with van der Waals surface area (Å²) in [7, 11) is 0. The molecule has 7 heteroatoms. The van der Waals surface area contributed by atoms with Crippen molar-refractivity contribution in [1.82, 2.24) is 10.2 Å². The normalized spacial score (nSPS) is 14.4. The number of ether oxygens (including phenoxy) is 1. The number of amides is 2. The molecule has 3 N–H and O–H groups in total. The molecule has 2 rings (SSSR count). The zero-order chi connectivity index (χ0) is 13.8. The molecule has 0 atom stereocenters. The van der Waals surface area contributed by atoms with E-state index in [1.807, 2.05) is 0 Å². The Labute approximate surface area is 109 Å². The van der Waals surface area contributed by atoms with Gasteiger partial charge in [0, 0.05) is 13.1 Å². The van der Waals surface area contributed by atoms with Crippen molar-refractivity contribution in [3.8, 4) is 0 Å². The molecule has 0 bridgehead atoms. The van der Waals surface area contributed by atoms with Crippen LogP contribution in [0.25, 0.3) is 0 Å². The van der Waals surface area contributed by atoms with Crippen LogP contribution in [0.1, 0.15) is 10.4 Å². The number of nitrogen functional groups attached to an aromatic ring is 1. The van der Waals surface area contributed by atoms with Crippen molar-refractivity contribution in [1.29, 1.82) is 0 Å². The summed E-state index contributed by atoms with van der Waals surface area (Å²) in [6.45, 7) is 1.61. The van der Waals surface area contributed by atoms with E-state index in [-0.39, 0.29) is 23.9 Å². The summed E-state index contributed by atoms with van der Waals surface area (Å²) in [4.78, 5) is 24.4. The Bertz CT molecular complexity index is 507. The predicted octanol–water partition coefficient (Wildman–Crippen LogP) is 0.590. The number of anilines is 1. The minimum absolute atomic E-state index is 0.0868. The molecule has 6 nitrogen and oxygen atoms in total. The number of carbonyl (C=O) groups is 2. The van der Waals surface area contributed by atoms with Gasteiger partial charge < -0.3 is 20.7 Å². The monoisotopic (exact) mass is 267 g/mol. The Morgan fingerprint density at radius 3 is 2.95 bits per heavy atom. The van der Waals surface area contributed by atoms with Crippen LogP contribution >= 0.6 is 0 Å². The molecule has 1 aliphatic rings. The molecular weight excluding hydrogens is 253 g/mol. The van der Waals surface area contributed by atoms with E-state index >= 15 is 0 Å². The lowest BCUT2D eigenvalue weighted by atomic mass is 10.2. The van der Waals surface area contributed by atoms with Gasteiger partial charge in [-0.25, -0.2) is 14.0 Å². The molecule has 1 saturated heterocycles. The Hall–Kier alpha value is -2.31. The fourth-order valence-corrected chi connectivity index (χ4v) is 1.73. The van der Waals surface area contributed by atoms with Crippen molar-refractivity contribution in [3.63, 3.8) is 0 Å². The van der Waals surface area contributed by atoms with Gasteiger partial charge in [-0.15, -0.1) is 0 Å². The van der Waals surface area contributed by atoms with Gasteiger partial charge in [0.2, 0.25) is 0 Å². The van der Waals surface area contributed by atoms with Gasteiger partial charge >= 0.3 is 12.0 Å². The molecule has 1 heterocycles. The number of esters is 1. The highest BCUT2D eigenvalue weighted by Gasteiger charge is 2.19.